The van der Waals surface area contributed by atoms with Crippen molar-refractivity contribution in [2.45, 2.75) is 26.3 Å². The number of nitrogens with zero attached hydrogens (tertiary/aromatic N) is 1. The van der Waals surface area contributed by atoms with Gasteiger partial charge in [-0.1, -0.05) is 23.8 Å². The molecule has 2 rings (SSSR count). The molecule has 0 spiro atoms. The van der Waals surface area contributed by atoms with Gasteiger partial charge >= 0.3 is 0 Å². The maximum absolute atomic E-state index is 10.7. The van der Waals surface area contributed by atoms with Gasteiger partial charge in [-0.2, -0.15) is 8.42 Å². The van der Waals surface area contributed by atoms with Gasteiger partial charge in [0.05, 0.1) is 5.75 Å². The summed E-state index contributed by atoms with van der Waals surface area (Å²) < 4.78 is 30.0. The summed E-state index contributed by atoms with van der Waals surface area (Å²) in [5.74, 6) is -0.149. The molecule has 0 aliphatic carbocycles. The molecule has 0 atom stereocenters. The number of benzene rings is 1. The largest absolute Gasteiger partial charge is 0.299 e. The topological polar surface area (TPSA) is 57.6 Å². The highest BCUT2D eigenvalue weighted by atomic mass is 32.2. The predicted molar refractivity (Wildman–Crippen MR) is 71.2 cm³/mol. The van der Waals surface area contributed by atoms with Crippen molar-refractivity contribution in [3.8, 4) is 0 Å². The maximum atomic E-state index is 10.7. The SMILES string of the molecule is Cc1ccc2c(c1)CN(CCCS(=O)(=O)O)CC2. The Bertz CT molecular complexity index is 525. The summed E-state index contributed by atoms with van der Waals surface area (Å²) >= 11 is 0. The first-order valence-electron chi connectivity index (χ1n) is 6.20. The van der Waals surface area contributed by atoms with Crippen molar-refractivity contribution in [2.24, 2.45) is 0 Å². The fourth-order valence-electron chi connectivity index (χ4n) is 2.41. The smallest absolute Gasteiger partial charge is 0.264 e. The second kappa shape index (κ2) is 5.38. The Labute approximate surface area is 108 Å². The van der Waals surface area contributed by atoms with Crippen molar-refractivity contribution in [3.63, 3.8) is 0 Å². The molecule has 1 heterocycles. The summed E-state index contributed by atoms with van der Waals surface area (Å²) in [4.78, 5) is 2.24. The Hall–Kier alpha value is -0.910. The summed E-state index contributed by atoms with van der Waals surface area (Å²) in [7, 11) is -3.82. The fraction of sp³-hybridized carbons (Fsp3) is 0.538. The molecule has 0 bridgehead atoms. The van der Waals surface area contributed by atoms with Crippen LogP contribution >= 0.6 is 0 Å². The van der Waals surface area contributed by atoms with Crippen LogP contribution < -0.4 is 0 Å². The molecule has 0 unspecified atom stereocenters. The van der Waals surface area contributed by atoms with Crippen LogP contribution in [-0.2, 0) is 23.1 Å². The Balaban J connectivity index is 1.91. The molecule has 5 heteroatoms. The van der Waals surface area contributed by atoms with E-state index in [0.29, 0.717) is 13.0 Å². The third-order valence-electron chi connectivity index (χ3n) is 3.33. The number of hydrogen-bond acceptors (Lipinski definition) is 3. The van der Waals surface area contributed by atoms with E-state index in [-0.39, 0.29) is 5.75 Å². The van der Waals surface area contributed by atoms with Crippen LogP contribution in [0.3, 0.4) is 0 Å². The molecule has 0 saturated carbocycles. The van der Waals surface area contributed by atoms with Crippen LogP contribution in [0.5, 0.6) is 0 Å². The summed E-state index contributed by atoms with van der Waals surface area (Å²) in [6.07, 6.45) is 1.50. The number of hydrogen-bond donors (Lipinski definition) is 1. The van der Waals surface area contributed by atoms with Crippen LogP contribution in [0.15, 0.2) is 18.2 Å². The number of fused-ring (bicyclic) bond motifs is 1. The molecular formula is C13H19NO3S. The van der Waals surface area contributed by atoms with E-state index in [2.05, 4.69) is 30.0 Å². The molecule has 1 aromatic carbocycles. The third-order valence-corrected chi connectivity index (χ3v) is 4.13. The first-order chi connectivity index (χ1) is 8.44. The average Bonchev–Trinajstić information content (AvgIpc) is 2.26. The van der Waals surface area contributed by atoms with E-state index in [1.54, 1.807) is 0 Å². The van der Waals surface area contributed by atoms with Gasteiger partial charge in [-0.25, -0.2) is 0 Å². The minimum Gasteiger partial charge on any atom is -0.299 e. The van der Waals surface area contributed by atoms with E-state index < -0.39 is 10.1 Å². The molecule has 0 radical (unpaired) electrons. The quantitative estimate of drug-likeness (QED) is 0.844. The average molecular weight is 269 g/mol. The Morgan fingerprint density at radius 3 is 2.83 bits per heavy atom. The lowest BCUT2D eigenvalue weighted by Gasteiger charge is -2.28. The molecule has 1 aliphatic heterocycles. The monoisotopic (exact) mass is 269 g/mol. The lowest BCUT2D eigenvalue weighted by Crippen LogP contribution is -2.32. The van der Waals surface area contributed by atoms with Crippen molar-refractivity contribution in [2.75, 3.05) is 18.8 Å². The van der Waals surface area contributed by atoms with Crippen LogP contribution in [-0.4, -0.2) is 36.7 Å². The van der Waals surface area contributed by atoms with Gasteiger partial charge < -0.3 is 0 Å². The molecule has 0 fully saturated rings. The van der Waals surface area contributed by atoms with Crippen molar-refractivity contribution in [1.29, 1.82) is 0 Å². The van der Waals surface area contributed by atoms with Crippen LogP contribution in [0.1, 0.15) is 23.1 Å². The minimum atomic E-state index is -3.82. The standard InChI is InChI=1S/C13H19NO3S/c1-11-3-4-12-5-7-14(10-13(12)9-11)6-2-8-18(15,16)17/h3-4,9H,2,5-8,10H2,1H3,(H,15,16,17). The van der Waals surface area contributed by atoms with Crippen LogP contribution in [0.2, 0.25) is 0 Å². The second-order valence-electron chi connectivity index (χ2n) is 4.94. The van der Waals surface area contributed by atoms with Crippen LogP contribution in [0.4, 0.5) is 0 Å². The van der Waals surface area contributed by atoms with Crippen LogP contribution in [0, 0.1) is 6.92 Å². The minimum absolute atomic E-state index is 0.149. The molecule has 18 heavy (non-hydrogen) atoms. The van der Waals surface area contributed by atoms with Gasteiger partial charge in [0.15, 0.2) is 0 Å². The molecule has 0 saturated heterocycles. The first-order valence-corrected chi connectivity index (χ1v) is 7.81. The molecular weight excluding hydrogens is 250 g/mol. The van der Waals surface area contributed by atoms with Gasteiger partial charge in [-0.05, 0) is 37.4 Å². The van der Waals surface area contributed by atoms with E-state index in [9.17, 15) is 8.42 Å². The van der Waals surface area contributed by atoms with E-state index in [4.69, 9.17) is 4.55 Å². The van der Waals surface area contributed by atoms with Crippen molar-refractivity contribution < 1.29 is 13.0 Å². The summed E-state index contributed by atoms with van der Waals surface area (Å²) in [6, 6.07) is 6.51. The molecule has 1 aliphatic rings. The Morgan fingerprint density at radius 1 is 1.33 bits per heavy atom. The number of aryl methyl sites for hydroxylation is 1. The maximum Gasteiger partial charge on any atom is 0.264 e. The predicted octanol–water partition coefficient (Wildman–Crippen LogP) is 1.63. The molecule has 1 N–H and O–H groups in total. The van der Waals surface area contributed by atoms with Gasteiger partial charge in [0.1, 0.15) is 0 Å². The molecule has 100 valence electrons. The van der Waals surface area contributed by atoms with Gasteiger partial charge in [-0.3, -0.25) is 9.45 Å². The van der Waals surface area contributed by atoms with Gasteiger partial charge in [-0.15, -0.1) is 0 Å². The van der Waals surface area contributed by atoms with Crippen LogP contribution in [0.25, 0.3) is 0 Å². The zero-order valence-corrected chi connectivity index (χ0v) is 11.4. The second-order valence-corrected chi connectivity index (χ2v) is 6.51. The van der Waals surface area contributed by atoms with Crippen molar-refractivity contribution in [1.82, 2.24) is 4.90 Å². The lowest BCUT2D eigenvalue weighted by molar-refractivity contribution is 0.254. The highest BCUT2D eigenvalue weighted by Gasteiger charge is 2.16. The van der Waals surface area contributed by atoms with E-state index >= 15 is 0 Å². The van der Waals surface area contributed by atoms with Gasteiger partial charge in [0.25, 0.3) is 10.1 Å². The highest BCUT2D eigenvalue weighted by molar-refractivity contribution is 7.85. The van der Waals surface area contributed by atoms with Crippen molar-refractivity contribution in [3.05, 3.63) is 34.9 Å². The summed E-state index contributed by atoms with van der Waals surface area (Å²) in [5.41, 5.74) is 3.99. The van der Waals surface area contributed by atoms with E-state index in [1.807, 2.05) is 0 Å². The van der Waals surface area contributed by atoms with E-state index in [1.165, 1.54) is 16.7 Å². The molecule has 0 aromatic heterocycles. The Morgan fingerprint density at radius 2 is 2.11 bits per heavy atom. The molecule has 1 aromatic rings. The normalized spacial score (nSPS) is 16.6. The zero-order chi connectivity index (χ0) is 13.2. The highest BCUT2D eigenvalue weighted by Crippen LogP contribution is 2.20. The molecule has 0 amide bonds. The van der Waals surface area contributed by atoms with Gasteiger partial charge in [0.2, 0.25) is 0 Å². The lowest BCUT2D eigenvalue weighted by atomic mass is 9.98. The number of rotatable bonds is 4. The molecule has 4 nitrogen and oxygen atoms in total. The van der Waals surface area contributed by atoms with E-state index in [0.717, 1.165) is 19.5 Å². The Kier molecular flexibility index (Phi) is 4.04. The first kappa shape index (κ1) is 13.5. The third kappa shape index (κ3) is 3.80. The summed E-state index contributed by atoms with van der Waals surface area (Å²) in [6.45, 7) is 4.63. The van der Waals surface area contributed by atoms with Crippen molar-refractivity contribution >= 4 is 10.1 Å². The summed E-state index contributed by atoms with van der Waals surface area (Å²) in [5, 5.41) is 0. The zero-order valence-electron chi connectivity index (χ0n) is 10.6. The fourth-order valence-corrected chi connectivity index (χ4v) is 2.90. The van der Waals surface area contributed by atoms with Gasteiger partial charge in [0, 0.05) is 13.1 Å².